The Bertz CT molecular complexity index is 54.5. The van der Waals surface area contributed by atoms with Crippen LogP contribution in [0.4, 0.5) is 0 Å². The van der Waals surface area contributed by atoms with Gasteiger partial charge in [0.2, 0.25) is 0 Å². The van der Waals surface area contributed by atoms with Crippen LogP contribution in [-0.2, 0) is 9.47 Å². The topological polar surface area (TPSA) is 58.9 Å². The van der Waals surface area contributed by atoms with Crippen molar-refractivity contribution in [3.05, 3.63) is 0 Å². The summed E-state index contributed by atoms with van der Waals surface area (Å²) in [6.45, 7) is 1.73. The SMILES string of the molecule is OCCOCCOCCO.[Ca]. The van der Waals surface area contributed by atoms with Crippen LogP contribution in [0.1, 0.15) is 0 Å². The quantitative estimate of drug-likeness (QED) is 0.384. The van der Waals surface area contributed by atoms with Crippen molar-refractivity contribution in [1.29, 1.82) is 0 Å². The van der Waals surface area contributed by atoms with Crippen LogP contribution in [-0.4, -0.2) is 87.6 Å². The van der Waals surface area contributed by atoms with E-state index < -0.39 is 0 Å². The van der Waals surface area contributed by atoms with E-state index in [0.29, 0.717) is 26.4 Å². The van der Waals surface area contributed by atoms with Crippen molar-refractivity contribution in [3.63, 3.8) is 0 Å². The van der Waals surface area contributed by atoms with Gasteiger partial charge in [-0.25, -0.2) is 0 Å². The van der Waals surface area contributed by atoms with Gasteiger partial charge in [-0.15, -0.1) is 0 Å². The number of aliphatic hydroxyl groups excluding tert-OH is 2. The number of ether oxygens (including phenoxy) is 2. The van der Waals surface area contributed by atoms with Gasteiger partial charge >= 0.3 is 0 Å². The first-order valence-corrected chi connectivity index (χ1v) is 3.29. The zero-order valence-corrected chi connectivity index (χ0v) is 8.87. The molecule has 0 aliphatic rings. The molecule has 11 heavy (non-hydrogen) atoms. The zero-order valence-electron chi connectivity index (χ0n) is 6.66. The third-order valence-electron chi connectivity index (χ3n) is 0.843. The summed E-state index contributed by atoms with van der Waals surface area (Å²) in [4.78, 5) is 0. The molecule has 0 fully saturated rings. The predicted molar refractivity (Wildman–Crippen MR) is 41.6 cm³/mol. The van der Waals surface area contributed by atoms with Crippen LogP contribution in [0, 0.1) is 0 Å². The Balaban J connectivity index is 0. The Morgan fingerprint density at radius 1 is 0.727 bits per heavy atom. The fourth-order valence-electron chi connectivity index (χ4n) is 0.451. The molecule has 0 saturated heterocycles. The van der Waals surface area contributed by atoms with Gasteiger partial charge in [0.15, 0.2) is 0 Å². The summed E-state index contributed by atoms with van der Waals surface area (Å²) in [5.41, 5.74) is 0. The summed E-state index contributed by atoms with van der Waals surface area (Å²) >= 11 is 0. The molecule has 0 spiro atoms. The van der Waals surface area contributed by atoms with Gasteiger partial charge in [-0.1, -0.05) is 0 Å². The van der Waals surface area contributed by atoms with E-state index in [9.17, 15) is 0 Å². The Kier molecular flexibility index (Phi) is 18.2. The van der Waals surface area contributed by atoms with Crippen molar-refractivity contribution in [3.8, 4) is 0 Å². The number of hydrogen-bond acceptors (Lipinski definition) is 4. The van der Waals surface area contributed by atoms with Crippen LogP contribution in [0.15, 0.2) is 0 Å². The smallest absolute Gasteiger partial charge is 0.0701 e. The second-order valence-electron chi connectivity index (χ2n) is 1.67. The van der Waals surface area contributed by atoms with Crippen molar-refractivity contribution in [2.24, 2.45) is 0 Å². The minimum atomic E-state index is 0. The number of hydrogen-bond donors (Lipinski definition) is 2. The van der Waals surface area contributed by atoms with Crippen LogP contribution in [0.3, 0.4) is 0 Å². The van der Waals surface area contributed by atoms with Crippen molar-refractivity contribution >= 4 is 37.7 Å². The van der Waals surface area contributed by atoms with Crippen molar-refractivity contribution in [1.82, 2.24) is 0 Å². The number of rotatable bonds is 7. The molecule has 0 bridgehead atoms. The van der Waals surface area contributed by atoms with Crippen LogP contribution < -0.4 is 0 Å². The molecule has 2 radical (unpaired) electrons. The van der Waals surface area contributed by atoms with Crippen LogP contribution in [0.2, 0.25) is 0 Å². The van der Waals surface area contributed by atoms with E-state index in [1.165, 1.54) is 0 Å². The monoisotopic (exact) mass is 190 g/mol. The normalized spacial score (nSPS) is 9.27. The van der Waals surface area contributed by atoms with Crippen molar-refractivity contribution in [2.75, 3.05) is 39.6 Å². The second-order valence-corrected chi connectivity index (χ2v) is 1.67. The molecule has 2 N–H and O–H groups in total. The van der Waals surface area contributed by atoms with Crippen LogP contribution in [0.25, 0.3) is 0 Å². The van der Waals surface area contributed by atoms with E-state index in [4.69, 9.17) is 19.7 Å². The largest absolute Gasteiger partial charge is 0.394 e. The molecule has 0 aliphatic heterocycles. The maximum absolute atomic E-state index is 8.26. The predicted octanol–water partition coefficient (Wildman–Crippen LogP) is -1.38. The maximum Gasteiger partial charge on any atom is 0.0701 e. The minimum Gasteiger partial charge on any atom is -0.394 e. The third-order valence-corrected chi connectivity index (χ3v) is 0.843. The average molecular weight is 190 g/mol. The molecular formula is C6H14CaO4. The maximum atomic E-state index is 8.26. The summed E-state index contributed by atoms with van der Waals surface area (Å²) in [5.74, 6) is 0. The van der Waals surface area contributed by atoms with Crippen LogP contribution >= 0.6 is 0 Å². The standard InChI is InChI=1S/C6H14O4.Ca/c7-1-3-9-5-6-10-4-2-8;/h7-8H,1-6H2;. The molecule has 0 amide bonds. The Labute approximate surface area is 96.5 Å². The fraction of sp³-hybridized carbons (Fsp3) is 1.00. The molecule has 5 heteroatoms. The summed E-state index contributed by atoms with van der Waals surface area (Å²) in [5, 5.41) is 16.5. The molecule has 0 aromatic carbocycles. The third kappa shape index (κ3) is 14.0. The van der Waals surface area contributed by atoms with Crippen molar-refractivity contribution in [2.45, 2.75) is 0 Å². The van der Waals surface area contributed by atoms with E-state index in [-0.39, 0.29) is 51.0 Å². The molecule has 0 heterocycles. The summed E-state index contributed by atoms with van der Waals surface area (Å²) in [6, 6.07) is 0. The summed E-state index contributed by atoms with van der Waals surface area (Å²) in [6.07, 6.45) is 0. The van der Waals surface area contributed by atoms with Gasteiger partial charge in [-0.05, 0) is 0 Å². The van der Waals surface area contributed by atoms with Gasteiger partial charge in [-0.2, -0.15) is 0 Å². The molecule has 64 valence electrons. The first-order valence-electron chi connectivity index (χ1n) is 3.29. The molecule has 0 rings (SSSR count). The molecule has 0 aromatic rings. The second kappa shape index (κ2) is 13.7. The first kappa shape index (κ1) is 14.6. The molecule has 4 nitrogen and oxygen atoms in total. The van der Waals surface area contributed by atoms with E-state index in [1.54, 1.807) is 0 Å². The molecule has 0 unspecified atom stereocenters. The molecule has 0 aliphatic carbocycles. The number of aliphatic hydroxyl groups is 2. The van der Waals surface area contributed by atoms with E-state index in [1.807, 2.05) is 0 Å². The fourth-order valence-corrected chi connectivity index (χ4v) is 0.451. The molecule has 0 saturated carbocycles. The summed E-state index contributed by atoms with van der Waals surface area (Å²) in [7, 11) is 0. The van der Waals surface area contributed by atoms with E-state index >= 15 is 0 Å². The van der Waals surface area contributed by atoms with Gasteiger partial charge in [0.05, 0.1) is 39.6 Å². The molecular weight excluding hydrogens is 176 g/mol. The van der Waals surface area contributed by atoms with Crippen LogP contribution in [0.5, 0.6) is 0 Å². The average Bonchev–Trinajstić information content (AvgIpc) is 1.97. The Morgan fingerprint density at radius 2 is 1.09 bits per heavy atom. The Hall–Kier alpha value is 1.10. The van der Waals surface area contributed by atoms with Gasteiger partial charge in [0.25, 0.3) is 0 Å². The minimum absolute atomic E-state index is 0. The van der Waals surface area contributed by atoms with Gasteiger partial charge in [-0.3, -0.25) is 0 Å². The zero-order chi connectivity index (χ0) is 7.66. The van der Waals surface area contributed by atoms with Crippen molar-refractivity contribution < 1.29 is 19.7 Å². The summed E-state index contributed by atoms with van der Waals surface area (Å²) < 4.78 is 9.75. The van der Waals surface area contributed by atoms with E-state index in [2.05, 4.69) is 0 Å². The van der Waals surface area contributed by atoms with E-state index in [0.717, 1.165) is 0 Å². The first-order chi connectivity index (χ1) is 4.91. The molecule has 0 aromatic heterocycles. The van der Waals surface area contributed by atoms with Gasteiger partial charge in [0, 0.05) is 37.7 Å². The van der Waals surface area contributed by atoms with Gasteiger partial charge < -0.3 is 19.7 Å². The Morgan fingerprint density at radius 3 is 1.36 bits per heavy atom. The molecule has 0 atom stereocenters. The van der Waals surface area contributed by atoms with Gasteiger partial charge in [0.1, 0.15) is 0 Å².